The fourth-order valence-corrected chi connectivity index (χ4v) is 2.38. The highest BCUT2D eigenvalue weighted by molar-refractivity contribution is 5.98. The first-order chi connectivity index (χ1) is 9.97. The van der Waals surface area contributed by atoms with Crippen molar-refractivity contribution in [2.75, 3.05) is 13.6 Å². The van der Waals surface area contributed by atoms with E-state index < -0.39 is 5.82 Å². The topological polar surface area (TPSA) is 33.5 Å². The summed E-state index contributed by atoms with van der Waals surface area (Å²) in [6, 6.07) is 9.95. The normalized spacial score (nSPS) is 12.6. The largest absolute Gasteiger partial charge is 0.465 e. The summed E-state index contributed by atoms with van der Waals surface area (Å²) in [5, 5.41) is 0. The summed E-state index contributed by atoms with van der Waals surface area (Å²) >= 11 is 0. The van der Waals surface area contributed by atoms with Crippen molar-refractivity contribution in [3.63, 3.8) is 0 Å². The summed E-state index contributed by atoms with van der Waals surface area (Å²) in [5.41, 5.74) is 0.159. The van der Waals surface area contributed by atoms with E-state index in [1.165, 1.54) is 12.1 Å². The molecule has 2 aromatic rings. The molecule has 112 valence electrons. The predicted molar refractivity (Wildman–Crippen MR) is 79.7 cm³/mol. The van der Waals surface area contributed by atoms with Crippen molar-refractivity contribution >= 4 is 5.78 Å². The third-order valence-corrected chi connectivity index (χ3v) is 3.39. The first-order valence-corrected chi connectivity index (χ1v) is 7.00. The van der Waals surface area contributed by atoms with Gasteiger partial charge in [-0.25, -0.2) is 4.39 Å². The van der Waals surface area contributed by atoms with E-state index in [0.717, 1.165) is 11.5 Å². The molecule has 2 rings (SSSR count). The van der Waals surface area contributed by atoms with Crippen LogP contribution in [0.1, 0.15) is 28.8 Å². The Kier molecular flexibility index (Phi) is 4.91. The van der Waals surface area contributed by atoms with Crippen molar-refractivity contribution in [2.24, 2.45) is 5.92 Å². The molecular formula is C17H20FNO2. The zero-order valence-electron chi connectivity index (χ0n) is 12.6. The summed E-state index contributed by atoms with van der Waals surface area (Å²) in [6.07, 6.45) is 0. The first-order valence-electron chi connectivity index (χ1n) is 7.00. The van der Waals surface area contributed by atoms with E-state index >= 15 is 0 Å². The molecule has 0 saturated heterocycles. The van der Waals surface area contributed by atoms with Gasteiger partial charge in [-0.2, -0.15) is 0 Å². The summed E-state index contributed by atoms with van der Waals surface area (Å²) in [7, 11) is 1.92. The Morgan fingerprint density at radius 1 is 1.29 bits per heavy atom. The van der Waals surface area contributed by atoms with Gasteiger partial charge in [0.05, 0.1) is 12.1 Å². The molecule has 0 radical (unpaired) electrons. The number of ketones is 1. The van der Waals surface area contributed by atoms with Crippen molar-refractivity contribution in [2.45, 2.75) is 20.4 Å². The Morgan fingerprint density at radius 2 is 2.00 bits per heavy atom. The van der Waals surface area contributed by atoms with Crippen molar-refractivity contribution in [3.05, 3.63) is 59.3 Å². The van der Waals surface area contributed by atoms with Crippen LogP contribution in [0.25, 0.3) is 0 Å². The van der Waals surface area contributed by atoms with Crippen LogP contribution in [0.3, 0.4) is 0 Å². The monoisotopic (exact) mass is 289 g/mol. The fourth-order valence-electron chi connectivity index (χ4n) is 2.38. The Hall–Kier alpha value is -1.94. The molecule has 1 aromatic heterocycles. The van der Waals surface area contributed by atoms with Crippen LogP contribution in [-0.4, -0.2) is 24.3 Å². The molecule has 21 heavy (non-hydrogen) atoms. The van der Waals surface area contributed by atoms with Crippen molar-refractivity contribution in [1.82, 2.24) is 4.90 Å². The maximum Gasteiger partial charge on any atom is 0.169 e. The number of hydrogen-bond donors (Lipinski definition) is 0. The second-order valence-corrected chi connectivity index (χ2v) is 5.45. The second-order valence-electron chi connectivity index (χ2n) is 5.45. The van der Waals surface area contributed by atoms with Gasteiger partial charge in [0.2, 0.25) is 0 Å². The second kappa shape index (κ2) is 6.68. The zero-order chi connectivity index (χ0) is 15.4. The lowest BCUT2D eigenvalue weighted by atomic mass is 9.98. The van der Waals surface area contributed by atoms with Crippen LogP contribution in [0.2, 0.25) is 0 Å². The number of benzene rings is 1. The molecule has 0 aliphatic heterocycles. The van der Waals surface area contributed by atoms with E-state index in [4.69, 9.17) is 4.42 Å². The maximum atomic E-state index is 13.6. The SMILES string of the molecule is Cc1ccc(CN(C)CC(C)C(=O)c2ccccc2F)o1. The van der Waals surface area contributed by atoms with Gasteiger partial charge in [-0.15, -0.1) is 0 Å². The number of halogens is 1. The van der Waals surface area contributed by atoms with E-state index in [-0.39, 0.29) is 17.3 Å². The quantitative estimate of drug-likeness (QED) is 0.761. The van der Waals surface area contributed by atoms with Gasteiger partial charge < -0.3 is 4.42 Å². The number of carbonyl (C=O) groups is 1. The molecule has 0 amide bonds. The van der Waals surface area contributed by atoms with Gasteiger partial charge in [0.25, 0.3) is 0 Å². The number of rotatable bonds is 6. The van der Waals surface area contributed by atoms with Gasteiger partial charge in [-0.3, -0.25) is 9.69 Å². The molecule has 0 saturated carbocycles. The van der Waals surface area contributed by atoms with Crippen LogP contribution >= 0.6 is 0 Å². The number of nitrogens with zero attached hydrogens (tertiary/aromatic N) is 1. The average molecular weight is 289 g/mol. The Bertz CT molecular complexity index is 621. The van der Waals surface area contributed by atoms with E-state index in [1.807, 2.05) is 37.9 Å². The molecule has 1 aromatic carbocycles. The number of aryl methyl sites for hydroxylation is 1. The number of carbonyl (C=O) groups excluding carboxylic acids is 1. The van der Waals surface area contributed by atoms with Gasteiger partial charge in [-0.05, 0) is 38.2 Å². The third kappa shape index (κ3) is 4.02. The van der Waals surface area contributed by atoms with Crippen molar-refractivity contribution in [3.8, 4) is 0 Å². The van der Waals surface area contributed by atoms with E-state index in [1.54, 1.807) is 12.1 Å². The number of furan rings is 1. The highest BCUT2D eigenvalue weighted by atomic mass is 19.1. The van der Waals surface area contributed by atoms with Gasteiger partial charge >= 0.3 is 0 Å². The molecule has 0 spiro atoms. The summed E-state index contributed by atoms with van der Waals surface area (Å²) in [4.78, 5) is 14.3. The highest BCUT2D eigenvalue weighted by Crippen LogP contribution is 2.15. The molecule has 3 nitrogen and oxygen atoms in total. The molecular weight excluding hydrogens is 269 g/mol. The fraction of sp³-hybridized carbons (Fsp3) is 0.353. The number of Topliss-reactive ketones (excluding diaryl/α,β-unsaturated/α-hetero) is 1. The highest BCUT2D eigenvalue weighted by Gasteiger charge is 2.20. The summed E-state index contributed by atoms with van der Waals surface area (Å²) < 4.78 is 19.2. The maximum absolute atomic E-state index is 13.6. The molecule has 0 aliphatic carbocycles. The van der Waals surface area contributed by atoms with Crippen LogP contribution in [0, 0.1) is 18.7 Å². The lowest BCUT2D eigenvalue weighted by Crippen LogP contribution is -2.28. The molecule has 0 bridgehead atoms. The standard InChI is InChI=1S/C17H20FNO2/c1-12(17(20)15-6-4-5-7-16(15)18)10-19(3)11-14-9-8-13(2)21-14/h4-9,12H,10-11H2,1-3H3. The smallest absolute Gasteiger partial charge is 0.169 e. The minimum Gasteiger partial charge on any atom is -0.465 e. The Labute approximate surface area is 124 Å². The van der Waals surface area contributed by atoms with Crippen LogP contribution < -0.4 is 0 Å². The Morgan fingerprint density at radius 3 is 2.62 bits per heavy atom. The third-order valence-electron chi connectivity index (χ3n) is 3.39. The van der Waals surface area contributed by atoms with E-state index in [0.29, 0.717) is 13.1 Å². The molecule has 1 heterocycles. The first kappa shape index (κ1) is 15.4. The van der Waals surface area contributed by atoms with Gasteiger partial charge in [-0.1, -0.05) is 19.1 Å². The minimum absolute atomic E-state index is 0.159. The molecule has 0 fully saturated rings. The number of hydrogen-bond acceptors (Lipinski definition) is 3. The van der Waals surface area contributed by atoms with Gasteiger partial charge in [0, 0.05) is 12.5 Å². The van der Waals surface area contributed by atoms with Crippen molar-refractivity contribution in [1.29, 1.82) is 0 Å². The predicted octanol–water partition coefficient (Wildman–Crippen LogP) is 3.68. The van der Waals surface area contributed by atoms with Crippen LogP contribution in [-0.2, 0) is 6.54 Å². The lowest BCUT2D eigenvalue weighted by Gasteiger charge is -2.19. The van der Waals surface area contributed by atoms with Gasteiger partial charge in [0.15, 0.2) is 5.78 Å². The molecule has 0 aliphatic rings. The summed E-state index contributed by atoms with van der Waals surface area (Å²) in [5.74, 6) is 0.826. The summed E-state index contributed by atoms with van der Waals surface area (Å²) in [6.45, 7) is 4.89. The Balaban J connectivity index is 1.96. The van der Waals surface area contributed by atoms with Crippen LogP contribution in [0.15, 0.2) is 40.8 Å². The lowest BCUT2D eigenvalue weighted by molar-refractivity contribution is 0.0894. The molecule has 1 unspecified atom stereocenters. The molecule has 4 heteroatoms. The van der Waals surface area contributed by atoms with Gasteiger partial charge in [0.1, 0.15) is 17.3 Å². The van der Waals surface area contributed by atoms with Crippen molar-refractivity contribution < 1.29 is 13.6 Å². The minimum atomic E-state index is -0.460. The average Bonchev–Trinajstić information content (AvgIpc) is 2.83. The molecule has 1 atom stereocenters. The van der Waals surface area contributed by atoms with E-state index in [2.05, 4.69) is 0 Å². The molecule has 0 N–H and O–H groups in total. The van der Waals surface area contributed by atoms with Crippen LogP contribution in [0.4, 0.5) is 4.39 Å². The van der Waals surface area contributed by atoms with E-state index in [9.17, 15) is 9.18 Å². The van der Waals surface area contributed by atoms with Crippen LogP contribution in [0.5, 0.6) is 0 Å². The zero-order valence-corrected chi connectivity index (χ0v) is 12.6.